The molecule has 4 aliphatic rings. The first-order chi connectivity index (χ1) is 15.5. The van der Waals surface area contributed by atoms with Gasteiger partial charge in [-0.05, 0) is 37.0 Å². The Morgan fingerprint density at radius 2 is 1.21 bits per heavy atom. The zero-order chi connectivity index (χ0) is 22.1. The first-order valence-electron chi connectivity index (χ1n) is 11.8. The van der Waals surface area contributed by atoms with E-state index in [1.807, 2.05) is 0 Å². The van der Waals surface area contributed by atoms with Gasteiger partial charge >= 0.3 is 40.1 Å². The van der Waals surface area contributed by atoms with Gasteiger partial charge in [-0.3, -0.25) is 0 Å². The Labute approximate surface area is 221 Å². The van der Waals surface area contributed by atoms with Gasteiger partial charge in [0.15, 0.2) is 0 Å². The molecule has 0 amide bonds. The van der Waals surface area contributed by atoms with Gasteiger partial charge in [-0.15, -0.1) is 39.7 Å². The second kappa shape index (κ2) is 11.8. The predicted molar refractivity (Wildman–Crippen MR) is 151 cm³/mol. The van der Waals surface area contributed by atoms with Crippen molar-refractivity contribution >= 4 is 42.8 Å². The number of rotatable bonds is 1. The minimum Gasteiger partial charge on any atom is -0.358 e. The number of hydrogen-bond acceptors (Lipinski definition) is 0. The minimum atomic E-state index is -1.85. The molecule has 0 atom stereocenters. The van der Waals surface area contributed by atoms with Crippen LogP contribution in [0.3, 0.4) is 0 Å². The summed E-state index contributed by atoms with van der Waals surface area (Å²) >= 11 is -1.85. The van der Waals surface area contributed by atoms with Crippen molar-refractivity contribution in [2.24, 2.45) is 17.8 Å². The molecular formula is C31H36Cl2Zr-4. The molecule has 0 spiro atoms. The van der Waals surface area contributed by atoms with Gasteiger partial charge in [0, 0.05) is 0 Å². The zero-order valence-electron chi connectivity index (χ0n) is 20.4. The third-order valence-electron chi connectivity index (χ3n) is 7.84. The molecule has 0 unspecified atom stereocenters. The summed E-state index contributed by atoms with van der Waals surface area (Å²) in [6.45, 7) is 0. The molecule has 0 saturated heterocycles. The summed E-state index contributed by atoms with van der Waals surface area (Å²) in [5.41, 5.74) is 2.29. The topological polar surface area (TPSA) is 0 Å². The van der Waals surface area contributed by atoms with Crippen molar-refractivity contribution in [3.8, 4) is 0 Å². The van der Waals surface area contributed by atoms with Crippen molar-refractivity contribution in [2.45, 2.75) is 43.9 Å². The summed E-state index contributed by atoms with van der Waals surface area (Å²) in [6, 6.07) is 28.5. The average molecular weight is 571 g/mol. The first-order valence-corrected chi connectivity index (χ1v) is 19.8. The van der Waals surface area contributed by atoms with Gasteiger partial charge in [0.05, 0.1) is 0 Å². The van der Waals surface area contributed by atoms with Crippen molar-refractivity contribution in [3.63, 3.8) is 0 Å². The molecular weight excluding hydrogens is 534 g/mol. The molecule has 0 heterocycles. The fourth-order valence-electron chi connectivity index (χ4n) is 7.10. The fraction of sp³-hybridized carbons (Fsp3) is 0.323. The van der Waals surface area contributed by atoms with Crippen LogP contribution in [0.5, 0.6) is 0 Å². The van der Waals surface area contributed by atoms with E-state index in [9.17, 15) is 0 Å². The summed E-state index contributed by atoms with van der Waals surface area (Å²) in [4.78, 5) is 0. The second-order valence-electron chi connectivity index (χ2n) is 10.0. The maximum Gasteiger partial charge on any atom is -0.0411 e. The summed E-state index contributed by atoms with van der Waals surface area (Å²) < 4.78 is 3.37. The van der Waals surface area contributed by atoms with Crippen molar-refractivity contribution in [1.29, 1.82) is 0 Å². The number of fused-ring (bicyclic) bond motifs is 3. The van der Waals surface area contributed by atoms with Crippen molar-refractivity contribution in [2.75, 3.05) is 0 Å². The van der Waals surface area contributed by atoms with E-state index in [2.05, 4.69) is 83.1 Å². The van der Waals surface area contributed by atoms with Crippen LogP contribution in [0.25, 0.3) is 21.5 Å². The molecule has 8 rings (SSSR count). The quantitative estimate of drug-likeness (QED) is 0.200. The SMILES string of the molecule is [CH2]=[Zr]([Cl])[Cl].[CH3-].[CH3-].c1cc(C23CC4CC(CC(C4)C2)C3)c[cH-]1.c1ccc2c(c1)[cH-]c1ccccc12. The smallest absolute Gasteiger partial charge is 0.0411 e. The molecule has 4 saturated carbocycles. The van der Waals surface area contributed by atoms with E-state index < -0.39 is 18.9 Å². The Morgan fingerprint density at radius 1 is 0.765 bits per heavy atom. The molecule has 0 nitrogen and oxygen atoms in total. The van der Waals surface area contributed by atoms with E-state index in [1.165, 1.54) is 40.8 Å². The van der Waals surface area contributed by atoms with Gasteiger partial charge < -0.3 is 14.9 Å². The third kappa shape index (κ3) is 5.86. The molecule has 0 N–H and O–H groups in total. The van der Waals surface area contributed by atoms with Crippen molar-refractivity contribution < 1.29 is 18.9 Å². The average Bonchev–Trinajstić information content (AvgIpc) is 3.42. The normalized spacial score (nSPS) is 25.9. The van der Waals surface area contributed by atoms with Gasteiger partial charge in [0.1, 0.15) is 0 Å². The van der Waals surface area contributed by atoms with Crippen LogP contribution in [0.2, 0.25) is 0 Å². The summed E-state index contributed by atoms with van der Waals surface area (Å²) in [5, 5.41) is 5.39. The van der Waals surface area contributed by atoms with Crippen LogP contribution in [0.4, 0.5) is 0 Å². The van der Waals surface area contributed by atoms with Gasteiger partial charge in [0.25, 0.3) is 0 Å². The van der Waals surface area contributed by atoms with Gasteiger partial charge in [-0.1, -0.05) is 61.1 Å². The largest absolute Gasteiger partial charge is 0.358 e. The zero-order valence-corrected chi connectivity index (χ0v) is 24.4. The molecule has 3 heteroatoms. The third-order valence-corrected chi connectivity index (χ3v) is 7.84. The molecule has 4 aromatic carbocycles. The first kappa shape index (κ1) is 27.6. The van der Waals surface area contributed by atoms with Crippen LogP contribution < -0.4 is 0 Å². The Bertz CT molecular complexity index is 1110. The predicted octanol–water partition coefficient (Wildman–Crippen LogP) is 9.83. The molecule has 4 aliphatic carbocycles. The van der Waals surface area contributed by atoms with Crippen LogP contribution in [0.15, 0.2) is 78.9 Å². The Kier molecular flexibility index (Phi) is 9.59. The van der Waals surface area contributed by atoms with E-state index in [1.54, 1.807) is 24.8 Å². The monoisotopic (exact) mass is 568 g/mol. The van der Waals surface area contributed by atoms with E-state index in [0.29, 0.717) is 5.41 Å². The van der Waals surface area contributed by atoms with Crippen molar-refractivity contribution in [1.82, 2.24) is 0 Å². The number of benzene rings is 2. The molecule has 4 aromatic rings. The fourth-order valence-corrected chi connectivity index (χ4v) is 7.10. The van der Waals surface area contributed by atoms with E-state index in [0.717, 1.165) is 17.8 Å². The Morgan fingerprint density at radius 3 is 1.62 bits per heavy atom. The van der Waals surface area contributed by atoms with Crippen LogP contribution >= 0.6 is 17.0 Å². The van der Waals surface area contributed by atoms with E-state index in [-0.39, 0.29) is 14.9 Å². The maximum absolute atomic E-state index is 5.13. The van der Waals surface area contributed by atoms with Gasteiger partial charge in [0.2, 0.25) is 0 Å². The van der Waals surface area contributed by atoms with Crippen LogP contribution in [0, 0.1) is 32.6 Å². The van der Waals surface area contributed by atoms with Crippen molar-refractivity contribution in [3.05, 3.63) is 99.3 Å². The maximum atomic E-state index is 5.13. The molecule has 4 fully saturated rings. The van der Waals surface area contributed by atoms with Crippen LogP contribution in [-0.4, -0.2) is 4.21 Å². The number of hydrogen-bond donors (Lipinski definition) is 0. The Hall–Kier alpha value is -1.01. The van der Waals surface area contributed by atoms with E-state index >= 15 is 0 Å². The van der Waals surface area contributed by atoms with Crippen LogP contribution in [-0.2, 0) is 24.3 Å². The summed E-state index contributed by atoms with van der Waals surface area (Å²) in [7, 11) is 10.3. The Balaban J connectivity index is 0.000000159. The molecule has 34 heavy (non-hydrogen) atoms. The molecule has 0 aliphatic heterocycles. The minimum absolute atomic E-state index is 0. The standard InChI is InChI=1S/C15H19.C13H9.2CH3.CH2.2ClH.Zr/c1-2-4-14(3-1)15-8-11-5-12(9-15)7-13(6-11)10-15;1-3-7-12-10(5-1)9-11-6-2-4-8-13(11)12;;;;;;/h1-4,11-13H,5-10H2;1-9H;2*1H3;1H2;2*1H;/q4*-1;;;;+2/p-2. The second-order valence-corrected chi connectivity index (χ2v) is 18.2. The van der Waals surface area contributed by atoms with E-state index in [4.69, 9.17) is 17.0 Å². The van der Waals surface area contributed by atoms with Gasteiger partial charge in [-0.25, -0.2) is 6.07 Å². The van der Waals surface area contributed by atoms with Gasteiger partial charge in [-0.2, -0.15) is 23.8 Å². The number of halogens is 2. The van der Waals surface area contributed by atoms with Crippen LogP contribution in [0.1, 0.15) is 44.1 Å². The molecule has 182 valence electrons. The molecule has 4 bridgehead atoms. The molecule has 0 radical (unpaired) electrons. The summed E-state index contributed by atoms with van der Waals surface area (Å²) in [5.74, 6) is 3.23. The summed E-state index contributed by atoms with van der Waals surface area (Å²) in [6.07, 6.45) is 9.18. The molecule has 0 aromatic heterocycles.